The predicted octanol–water partition coefficient (Wildman–Crippen LogP) is 2.03. The van der Waals surface area contributed by atoms with Crippen molar-refractivity contribution in [2.45, 2.75) is 11.8 Å². The number of benzene rings is 1. The van der Waals surface area contributed by atoms with Gasteiger partial charge in [-0.15, -0.1) is 0 Å². The van der Waals surface area contributed by atoms with Crippen molar-refractivity contribution in [3.63, 3.8) is 0 Å². The lowest BCUT2D eigenvalue weighted by Crippen LogP contribution is -2.11. The first-order valence-corrected chi connectivity index (χ1v) is 6.00. The van der Waals surface area contributed by atoms with Crippen LogP contribution in [0.25, 0.3) is 0 Å². The second kappa shape index (κ2) is 3.55. The second-order valence-electron chi connectivity index (χ2n) is 3.28. The molecule has 2 aromatic rings. The lowest BCUT2D eigenvalue weighted by Gasteiger charge is -2.07. The summed E-state index contributed by atoms with van der Waals surface area (Å²) < 4.78 is 25.4. The standard InChI is InChI=1S/C11H11NO2S/c1-10-6-2-3-7-11(10)15(13,14)12-8-4-5-9-12/h2-9H,1H3. The van der Waals surface area contributed by atoms with E-state index in [1.807, 2.05) is 6.07 Å². The highest BCUT2D eigenvalue weighted by atomic mass is 32.2. The summed E-state index contributed by atoms with van der Waals surface area (Å²) in [5, 5.41) is 0. The van der Waals surface area contributed by atoms with Gasteiger partial charge in [-0.3, -0.25) is 0 Å². The van der Waals surface area contributed by atoms with E-state index in [2.05, 4.69) is 0 Å². The molecule has 78 valence electrons. The highest BCUT2D eigenvalue weighted by molar-refractivity contribution is 7.90. The maximum atomic E-state index is 12.1. The predicted molar refractivity (Wildman–Crippen MR) is 58.2 cm³/mol. The fourth-order valence-corrected chi connectivity index (χ4v) is 2.85. The van der Waals surface area contributed by atoms with E-state index in [4.69, 9.17) is 0 Å². The van der Waals surface area contributed by atoms with Gasteiger partial charge in [-0.2, -0.15) is 0 Å². The summed E-state index contributed by atoms with van der Waals surface area (Å²) in [6.45, 7) is 1.79. The van der Waals surface area contributed by atoms with Crippen LogP contribution in [0.5, 0.6) is 0 Å². The van der Waals surface area contributed by atoms with Crippen LogP contribution in [0.1, 0.15) is 5.56 Å². The molecule has 0 aliphatic rings. The minimum absolute atomic E-state index is 0.348. The summed E-state index contributed by atoms with van der Waals surface area (Å²) in [5.41, 5.74) is 0.756. The van der Waals surface area contributed by atoms with Crippen molar-refractivity contribution in [3.8, 4) is 0 Å². The van der Waals surface area contributed by atoms with Crippen LogP contribution < -0.4 is 0 Å². The van der Waals surface area contributed by atoms with Crippen molar-refractivity contribution in [2.24, 2.45) is 0 Å². The molecule has 0 bridgehead atoms. The normalized spacial score (nSPS) is 11.5. The van der Waals surface area contributed by atoms with Gasteiger partial charge in [0.25, 0.3) is 10.0 Å². The van der Waals surface area contributed by atoms with Crippen LogP contribution >= 0.6 is 0 Å². The fraction of sp³-hybridized carbons (Fsp3) is 0.0909. The first-order chi connectivity index (χ1) is 7.12. The monoisotopic (exact) mass is 221 g/mol. The summed E-state index contributed by atoms with van der Waals surface area (Å²) in [4.78, 5) is 0.348. The molecular formula is C11H11NO2S. The third-order valence-electron chi connectivity index (χ3n) is 2.23. The second-order valence-corrected chi connectivity index (χ2v) is 5.10. The van der Waals surface area contributed by atoms with E-state index in [1.165, 1.54) is 16.4 Å². The van der Waals surface area contributed by atoms with Crippen molar-refractivity contribution < 1.29 is 8.42 Å². The maximum absolute atomic E-state index is 12.1. The molecule has 15 heavy (non-hydrogen) atoms. The van der Waals surface area contributed by atoms with E-state index in [0.29, 0.717) is 4.90 Å². The zero-order valence-corrected chi connectivity index (χ0v) is 9.11. The smallest absolute Gasteiger partial charge is 0.249 e. The minimum Gasteiger partial charge on any atom is -0.249 e. The molecule has 1 heterocycles. The van der Waals surface area contributed by atoms with Crippen LogP contribution in [0.3, 0.4) is 0 Å². The molecule has 0 saturated carbocycles. The number of aromatic nitrogens is 1. The zero-order valence-electron chi connectivity index (χ0n) is 8.29. The van der Waals surface area contributed by atoms with Gasteiger partial charge in [-0.1, -0.05) is 18.2 Å². The Morgan fingerprint density at radius 3 is 2.20 bits per heavy atom. The number of rotatable bonds is 2. The average molecular weight is 221 g/mol. The number of nitrogens with zero attached hydrogens (tertiary/aromatic N) is 1. The molecule has 3 nitrogen and oxygen atoms in total. The molecule has 0 aliphatic heterocycles. The number of hydrogen-bond donors (Lipinski definition) is 0. The molecule has 0 aliphatic carbocycles. The van der Waals surface area contributed by atoms with Crippen molar-refractivity contribution >= 4 is 10.0 Å². The van der Waals surface area contributed by atoms with E-state index < -0.39 is 10.0 Å². The van der Waals surface area contributed by atoms with Crippen molar-refractivity contribution in [3.05, 3.63) is 54.4 Å². The van der Waals surface area contributed by atoms with Gasteiger partial charge in [0.15, 0.2) is 0 Å². The van der Waals surface area contributed by atoms with Gasteiger partial charge < -0.3 is 0 Å². The molecule has 0 atom stereocenters. The van der Waals surface area contributed by atoms with Crippen molar-refractivity contribution in [1.29, 1.82) is 0 Å². The summed E-state index contributed by atoms with van der Waals surface area (Å²) >= 11 is 0. The number of hydrogen-bond acceptors (Lipinski definition) is 2. The van der Waals surface area contributed by atoms with Crippen LogP contribution in [0.2, 0.25) is 0 Å². The summed E-state index contributed by atoms with van der Waals surface area (Å²) in [7, 11) is -3.41. The fourth-order valence-electron chi connectivity index (χ4n) is 1.44. The number of aryl methyl sites for hydroxylation is 1. The Morgan fingerprint density at radius 2 is 1.60 bits per heavy atom. The Kier molecular flexibility index (Phi) is 2.36. The molecule has 0 unspecified atom stereocenters. The van der Waals surface area contributed by atoms with Gasteiger partial charge in [0.05, 0.1) is 4.90 Å². The van der Waals surface area contributed by atoms with Gasteiger partial charge in [-0.25, -0.2) is 12.4 Å². The van der Waals surface area contributed by atoms with E-state index in [-0.39, 0.29) is 0 Å². The molecule has 1 aromatic carbocycles. The third-order valence-corrected chi connectivity index (χ3v) is 4.04. The molecule has 0 N–H and O–H groups in total. The SMILES string of the molecule is Cc1ccccc1S(=O)(=O)n1cccc1. The largest absolute Gasteiger partial charge is 0.267 e. The molecule has 0 saturated heterocycles. The Morgan fingerprint density at radius 1 is 1.00 bits per heavy atom. The van der Waals surface area contributed by atoms with E-state index in [9.17, 15) is 8.42 Å². The first kappa shape index (κ1) is 9.98. The van der Waals surface area contributed by atoms with Gasteiger partial charge in [0, 0.05) is 12.4 Å². The first-order valence-electron chi connectivity index (χ1n) is 4.56. The Labute approximate surface area is 89.0 Å². The summed E-state index contributed by atoms with van der Waals surface area (Å²) in [6.07, 6.45) is 3.06. The topological polar surface area (TPSA) is 39.1 Å². The van der Waals surface area contributed by atoms with Crippen LogP contribution in [-0.2, 0) is 10.0 Å². The summed E-state index contributed by atoms with van der Waals surface area (Å²) in [5.74, 6) is 0. The van der Waals surface area contributed by atoms with Gasteiger partial charge in [0.2, 0.25) is 0 Å². The maximum Gasteiger partial charge on any atom is 0.267 e. The van der Waals surface area contributed by atoms with E-state index >= 15 is 0 Å². The van der Waals surface area contributed by atoms with Crippen molar-refractivity contribution in [1.82, 2.24) is 3.97 Å². The molecule has 1 aromatic heterocycles. The Hall–Kier alpha value is -1.55. The quantitative estimate of drug-likeness (QED) is 0.778. The van der Waals surface area contributed by atoms with Gasteiger partial charge in [-0.05, 0) is 30.7 Å². The van der Waals surface area contributed by atoms with Crippen LogP contribution in [0.15, 0.2) is 53.7 Å². The third kappa shape index (κ3) is 1.68. The highest BCUT2D eigenvalue weighted by Gasteiger charge is 2.16. The van der Waals surface area contributed by atoms with Gasteiger partial charge in [0.1, 0.15) is 0 Å². The van der Waals surface area contributed by atoms with E-state index in [1.54, 1.807) is 37.3 Å². The Bertz CT molecular complexity index is 556. The molecule has 0 spiro atoms. The van der Waals surface area contributed by atoms with Gasteiger partial charge >= 0.3 is 0 Å². The minimum atomic E-state index is -3.41. The average Bonchev–Trinajstić information content (AvgIpc) is 2.71. The molecule has 0 radical (unpaired) electrons. The lowest BCUT2D eigenvalue weighted by molar-refractivity contribution is 0.587. The zero-order chi connectivity index (χ0) is 10.9. The van der Waals surface area contributed by atoms with E-state index in [0.717, 1.165) is 5.56 Å². The molecule has 0 amide bonds. The summed E-state index contributed by atoms with van der Waals surface area (Å²) in [6, 6.07) is 10.3. The molecular weight excluding hydrogens is 210 g/mol. The highest BCUT2D eigenvalue weighted by Crippen LogP contribution is 2.17. The van der Waals surface area contributed by atoms with Crippen LogP contribution in [0.4, 0.5) is 0 Å². The lowest BCUT2D eigenvalue weighted by atomic mass is 10.2. The molecule has 2 rings (SSSR count). The Balaban J connectivity index is 2.62. The van der Waals surface area contributed by atoms with Crippen LogP contribution in [0, 0.1) is 6.92 Å². The molecule has 0 fully saturated rings. The molecule has 4 heteroatoms. The van der Waals surface area contributed by atoms with Crippen LogP contribution in [-0.4, -0.2) is 12.4 Å². The van der Waals surface area contributed by atoms with Crippen molar-refractivity contribution in [2.75, 3.05) is 0 Å².